The number of halogens is 1. The molecule has 2 atom stereocenters. The van der Waals surface area contributed by atoms with Crippen molar-refractivity contribution in [2.75, 3.05) is 19.6 Å². The van der Waals surface area contributed by atoms with E-state index in [0.29, 0.717) is 18.0 Å². The van der Waals surface area contributed by atoms with Gasteiger partial charge in [-0.25, -0.2) is 13.1 Å². The van der Waals surface area contributed by atoms with Gasteiger partial charge in [-0.15, -0.1) is 12.4 Å². The fraction of sp³-hybridized carbons (Fsp3) is 0.562. The molecule has 3 N–H and O–H groups in total. The van der Waals surface area contributed by atoms with Crippen LogP contribution in [0.1, 0.15) is 36.2 Å². The monoisotopic (exact) mass is 375 g/mol. The third-order valence-corrected chi connectivity index (χ3v) is 5.79. The van der Waals surface area contributed by atoms with Crippen LogP contribution in [0.25, 0.3) is 0 Å². The van der Waals surface area contributed by atoms with Crippen molar-refractivity contribution in [1.82, 2.24) is 15.4 Å². The number of benzene rings is 1. The van der Waals surface area contributed by atoms with Crippen LogP contribution in [-0.2, 0) is 10.0 Å². The molecule has 0 bridgehead atoms. The second-order valence-electron chi connectivity index (χ2n) is 6.03. The van der Waals surface area contributed by atoms with Gasteiger partial charge in [0.25, 0.3) is 5.91 Å². The first-order valence-corrected chi connectivity index (χ1v) is 9.45. The first kappa shape index (κ1) is 20.9. The van der Waals surface area contributed by atoms with Crippen LogP contribution in [0.4, 0.5) is 0 Å². The van der Waals surface area contributed by atoms with Crippen LogP contribution in [0, 0.1) is 12.8 Å². The van der Waals surface area contributed by atoms with Gasteiger partial charge in [0, 0.05) is 24.7 Å². The lowest BCUT2D eigenvalue weighted by Crippen LogP contribution is -2.50. The third kappa shape index (κ3) is 4.92. The Bertz CT molecular complexity index is 679. The summed E-state index contributed by atoms with van der Waals surface area (Å²) in [6, 6.07) is 4.70. The largest absolute Gasteiger partial charge is 0.348 e. The molecule has 1 aliphatic heterocycles. The summed E-state index contributed by atoms with van der Waals surface area (Å²) in [6.45, 7) is 7.65. The molecule has 2 unspecified atom stereocenters. The fourth-order valence-corrected chi connectivity index (χ4v) is 3.78. The number of carbonyl (C=O) groups is 1. The Balaban J connectivity index is 0.00000288. The molecule has 24 heavy (non-hydrogen) atoms. The average molecular weight is 376 g/mol. The van der Waals surface area contributed by atoms with Crippen molar-refractivity contribution >= 4 is 28.3 Å². The number of hydrogen-bond donors (Lipinski definition) is 3. The van der Waals surface area contributed by atoms with Crippen molar-refractivity contribution in [2.24, 2.45) is 5.92 Å². The summed E-state index contributed by atoms with van der Waals surface area (Å²) in [5, 5.41) is 6.29. The molecule has 0 saturated carbocycles. The van der Waals surface area contributed by atoms with Gasteiger partial charge in [0.05, 0.1) is 4.90 Å². The lowest BCUT2D eigenvalue weighted by molar-refractivity contribution is 0.0914. The van der Waals surface area contributed by atoms with Crippen molar-refractivity contribution in [3.05, 3.63) is 29.3 Å². The Labute approximate surface area is 150 Å². The first-order chi connectivity index (χ1) is 10.8. The number of piperidine rings is 1. The maximum absolute atomic E-state index is 12.6. The fourth-order valence-electron chi connectivity index (χ4n) is 2.72. The Morgan fingerprint density at radius 3 is 2.71 bits per heavy atom. The summed E-state index contributed by atoms with van der Waals surface area (Å²) in [7, 11) is -3.57. The van der Waals surface area contributed by atoms with Gasteiger partial charge in [0.15, 0.2) is 0 Å². The van der Waals surface area contributed by atoms with Crippen molar-refractivity contribution in [3.8, 4) is 0 Å². The van der Waals surface area contributed by atoms with Gasteiger partial charge in [-0.3, -0.25) is 4.79 Å². The number of rotatable bonds is 5. The molecule has 8 heteroatoms. The molecule has 0 aromatic heterocycles. The highest BCUT2D eigenvalue weighted by Gasteiger charge is 2.24. The maximum Gasteiger partial charge on any atom is 0.251 e. The maximum atomic E-state index is 12.6. The Kier molecular flexibility index (Phi) is 7.66. The molecule has 0 radical (unpaired) electrons. The predicted octanol–water partition coefficient (Wildman–Crippen LogP) is 1.44. The zero-order chi connectivity index (χ0) is 17.0. The predicted molar refractivity (Wildman–Crippen MR) is 97.2 cm³/mol. The molecular formula is C16H26ClN3O3S. The summed E-state index contributed by atoms with van der Waals surface area (Å²) in [5.74, 6) is 0.172. The van der Waals surface area contributed by atoms with Crippen molar-refractivity contribution in [3.63, 3.8) is 0 Å². The van der Waals surface area contributed by atoms with Crippen LogP contribution in [0.2, 0.25) is 0 Å². The van der Waals surface area contributed by atoms with Crippen molar-refractivity contribution in [1.29, 1.82) is 0 Å². The van der Waals surface area contributed by atoms with E-state index in [1.165, 1.54) is 12.1 Å². The van der Waals surface area contributed by atoms with Gasteiger partial charge >= 0.3 is 0 Å². The highest BCUT2D eigenvalue weighted by Crippen LogP contribution is 2.17. The van der Waals surface area contributed by atoms with Crippen LogP contribution in [0.5, 0.6) is 0 Å². The summed E-state index contributed by atoms with van der Waals surface area (Å²) in [5.41, 5.74) is 1.16. The van der Waals surface area contributed by atoms with Crippen molar-refractivity contribution in [2.45, 2.75) is 38.1 Å². The van der Waals surface area contributed by atoms with E-state index < -0.39 is 10.0 Å². The number of carbonyl (C=O) groups excluding carboxylic acids is 1. The first-order valence-electron chi connectivity index (χ1n) is 7.97. The van der Waals surface area contributed by atoms with Crippen LogP contribution in [0.15, 0.2) is 23.1 Å². The Hall–Kier alpha value is -1.15. The number of hydrogen-bond acceptors (Lipinski definition) is 4. The van der Waals surface area contributed by atoms with E-state index in [4.69, 9.17) is 0 Å². The van der Waals surface area contributed by atoms with Crippen LogP contribution >= 0.6 is 12.4 Å². The number of aryl methyl sites for hydroxylation is 1. The molecule has 1 aliphatic rings. The van der Waals surface area contributed by atoms with Gasteiger partial charge in [0.2, 0.25) is 10.0 Å². The van der Waals surface area contributed by atoms with Gasteiger partial charge in [0.1, 0.15) is 0 Å². The molecule has 6 nitrogen and oxygen atoms in total. The van der Waals surface area contributed by atoms with Crippen LogP contribution in [-0.4, -0.2) is 40.0 Å². The average Bonchev–Trinajstić information content (AvgIpc) is 2.49. The lowest BCUT2D eigenvalue weighted by atomic mass is 9.94. The SMILES string of the molecule is CCNS(=O)(=O)c1ccc(C)c(C(=O)NC2CNCCC2C)c1.Cl. The molecule has 0 aliphatic carbocycles. The van der Waals surface area contributed by atoms with E-state index in [1.54, 1.807) is 19.9 Å². The summed E-state index contributed by atoms with van der Waals surface area (Å²) < 4.78 is 26.7. The van der Waals surface area contributed by atoms with Crippen LogP contribution in [0.3, 0.4) is 0 Å². The molecule has 1 aromatic rings. The zero-order valence-electron chi connectivity index (χ0n) is 14.3. The topological polar surface area (TPSA) is 87.3 Å². The molecule has 1 saturated heterocycles. The molecule has 0 spiro atoms. The highest BCUT2D eigenvalue weighted by atomic mass is 35.5. The molecule has 136 valence electrons. The standard InChI is InChI=1S/C16H25N3O3S.ClH/c1-4-18-23(21,22)13-6-5-11(2)14(9-13)16(20)19-15-10-17-8-7-12(15)3;/h5-6,9,12,15,17-18H,4,7-8,10H2,1-3H3,(H,19,20);1H. The number of sulfonamides is 1. The smallest absolute Gasteiger partial charge is 0.251 e. The molecule has 2 rings (SSSR count). The van der Waals surface area contributed by atoms with Crippen LogP contribution < -0.4 is 15.4 Å². The molecule has 1 aromatic carbocycles. The summed E-state index contributed by atoms with van der Waals surface area (Å²) in [6.07, 6.45) is 1.01. The number of nitrogens with one attached hydrogen (secondary N) is 3. The third-order valence-electron chi connectivity index (χ3n) is 4.24. The number of amides is 1. The molecule has 1 heterocycles. The van der Waals surface area contributed by atoms with E-state index in [-0.39, 0.29) is 29.3 Å². The quantitative estimate of drug-likeness (QED) is 0.726. The minimum Gasteiger partial charge on any atom is -0.348 e. The normalized spacial score (nSPS) is 21.0. The second-order valence-corrected chi connectivity index (χ2v) is 7.80. The van der Waals surface area contributed by atoms with Gasteiger partial charge in [-0.05, 0) is 43.5 Å². The van der Waals surface area contributed by atoms with Crippen molar-refractivity contribution < 1.29 is 13.2 Å². The van der Waals surface area contributed by atoms with E-state index in [1.807, 2.05) is 0 Å². The van der Waals surface area contributed by atoms with E-state index >= 15 is 0 Å². The molecule has 1 fully saturated rings. The second kappa shape index (κ2) is 8.80. The Morgan fingerprint density at radius 1 is 1.38 bits per heavy atom. The molecular weight excluding hydrogens is 350 g/mol. The summed E-state index contributed by atoms with van der Waals surface area (Å²) >= 11 is 0. The summed E-state index contributed by atoms with van der Waals surface area (Å²) in [4.78, 5) is 12.7. The molecule has 1 amide bonds. The zero-order valence-corrected chi connectivity index (χ0v) is 15.9. The minimum absolute atomic E-state index is 0. The van der Waals surface area contributed by atoms with Gasteiger partial charge < -0.3 is 10.6 Å². The minimum atomic E-state index is -3.57. The van der Waals surface area contributed by atoms with E-state index in [0.717, 1.165) is 25.1 Å². The van der Waals surface area contributed by atoms with Gasteiger partial charge in [-0.2, -0.15) is 0 Å². The lowest BCUT2D eigenvalue weighted by Gasteiger charge is -2.30. The highest BCUT2D eigenvalue weighted by molar-refractivity contribution is 7.89. The van der Waals surface area contributed by atoms with Gasteiger partial charge in [-0.1, -0.05) is 19.9 Å². The van der Waals surface area contributed by atoms with E-state index in [9.17, 15) is 13.2 Å². The van der Waals surface area contributed by atoms with E-state index in [2.05, 4.69) is 22.3 Å². The Morgan fingerprint density at radius 2 is 2.08 bits per heavy atom.